The van der Waals surface area contributed by atoms with Crippen LogP contribution in [0.2, 0.25) is 0 Å². The van der Waals surface area contributed by atoms with Crippen molar-refractivity contribution in [1.82, 2.24) is 20.4 Å². The van der Waals surface area contributed by atoms with E-state index in [1.807, 2.05) is 0 Å². The van der Waals surface area contributed by atoms with Gasteiger partial charge in [0, 0.05) is 49.2 Å². The van der Waals surface area contributed by atoms with Crippen molar-refractivity contribution in [2.24, 2.45) is 0 Å². The Morgan fingerprint density at radius 2 is 0.803 bits per heavy atom. The highest BCUT2D eigenvalue weighted by Crippen LogP contribution is 2.44. The van der Waals surface area contributed by atoms with Crippen LogP contribution in [0.5, 0.6) is 0 Å². The summed E-state index contributed by atoms with van der Waals surface area (Å²) in [6, 6.07) is 0. The molecular formula is C34H42Br6N6O15. The third kappa shape index (κ3) is 14.9. The summed E-state index contributed by atoms with van der Waals surface area (Å²) in [7, 11) is 2.62. The Hall–Kier alpha value is -2.22. The summed E-state index contributed by atoms with van der Waals surface area (Å²) < 4.78 is 4.92. The van der Waals surface area contributed by atoms with E-state index in [0.29, 0.717) is 0 Å². The molecule has 4 atom stereocenters. The molecule has 0 fully saturated rings. The maximum Gasteiger partial charge on any atom is 0.256 e. The van der Waals surface area contributed by atoms with Gasteiger partial charge in [-0.25, -0.2) is 0 Å². The molecular weight excluding hydrogens is 1210 g/mol. The van der Waals surface area contributed by atoms with Crippen LogP contribution in [0.15, 0.2) is 26.8 Å². The molecule has 61 heavy (non-hydrogen) atoms. The molecule has 0 bridgehead atoms. The van der Waals surface area contributed by atoms with Gasteiger partial charge in [0.05, 0.1) is 102 Å². The van der Waals surface area contributed by atoms with Gasteiger partial charge >= 0.3 is 0 Å². The summed E-state index contributed by atoms with van der Waals surface area (Å²) in [6.07, 6.45) is -5.28. The first kappa shape index (κ1) is 54.9. The summed E-state index contributed by atoms with van der Waals surface area (Å²) in [6.45, 7) is -5.72. The number of carbonyl (C=O) groups excluding carboxylic acids is 6. The SMILES string of the molecule is CN(CC(O)CO)C(=O)c1c(Br)c(NC(=O)COCC(=O)Nc2c(Br)c(C(=O)NCC(O)CO)c(Br)c(C(=O)N(C)CC(O)CO)c2Br)c(Br)c(C(=O)NCC(O)CO)c1Br. The van der Waals surface area contributed by atoms with Crippen LogP contribution in [-0.4, -0.2) is 190 Å². The first-order valence-corrected chi connectivity index (χ1v) is 22.1. The molecule has 6 amide bonds. The van der Waals surface area contributed by atoms with Gasteiger partial charge in [0.15, 0.2) is 0 Å². The third-order valence-corrected chi connectivity index (χ3v) is 12.8. The van der Waals surface area contributed by atoms with Crippen molar-refractivity contribution in [1.29, 1.82) is 0 Å². The number of carbonyl (C=O) groups is 6. The van der Waals surface area contributed by atoms with Crippen molar-refractivity contribution in [2.75, 3.05) is 90.5 Å². The Bertz CT molecular complexity index is 1830. The highest BCUT2D eigenvalue weighted by molar-refractivity contribution is 9.12. The number of aliphatic hydroxyl groups excluding tert-OH is 8. The van der Waals surface area contributed by atoms with E-state index in [9.17, 15) is 69.6 Å². The average molecular weight is 1250 g/mol. The molecule has 27 heteroatoms. The van der Waals surface area contributed by atoms with Crippen molar-refractivity contribution in [3.8, 4) is 0 Å². The molecule has 21 nitrogen and oxygen atoms in total. The number of nitrogens with zero attached hydrogens (tertiary/aromatic N) is 2. The Morgan fingerprint density at radius 3 is 1.10 bits per heavy atom. The molecule has 0 aliphatic carbocycles. The number of ether oxygens (including phenoxy) is 1. The second-order valence-corrected chi connectivity index (χ2v) is 17.6. The maximum absolute atomic E-state index is 13.6. The van der Waals surface area contributed by atoms with Gasteiger partial charge in [-0.3, -0.25) is 28.8 Å². The number of aliphatic hydroxyl groups is 8. The number of rotatable bonds is 22. The average Bonchev–Trinajstić information content (AvgIpc) is 3.21. The van der Waals surface area contributed by atoms with Crippen LogP contribution in [-0.2, 0) is 14.3 Å². The summed E-state index contributed by atoms with van der Waals surface area (Å²) in [5, 5.41) is 86.1. The molecule has 2 aromatic carbocycles. The fourth-order valence-electron chi connectivity index (χ4n) is 4.93. The van der Waals surface area contributed by atoms with Crippen molar-refractivity contribution in [3.05, 3.63) is 49.1 Å². The Morgan fingerprint density at radius 1 is 0.508 bits per heavy atom. The zero-order valence-electron chi connectivity index (χ0n) is 32.0. The molecule has 12 N–H and O–H groups in total. The number of amides is 6. The molecule has 0 aromatic heterocycles. The number of nitrogens with one attached hydrogen (secondary N) is 4. The summed E-state index contributed by atoms with van der Waals surface area (Å²) in [5.41, 5.74) is -1.22. The largest absolute Gasteiger partial charge is 0.394 e. The van der Waals surface area contributed by atoms with E-state index in [0.717, 1.165) is 9.80 Å². The van der Waals surface area contributed by atoms with E-state index >= 15 is 0 Å². The summed E-state index contributed by atoms with van der Waals surface area (Å²) in [5.74, 6) is -5.09. The van der Waals surface area contributed by atoms with E-state index in [-0.39, 0.29) is 73.6 Å². The number of benzene rings is 2. The standard InChI is InChI=1S/C34H42Br6N6O15/c1-45(5-15(53)9-49)33(59)21-23(35)19(31(57)41-3-13(51)7-47)25(37)29(27(21)39)43-17(55)11-61-12-18(56)44-30-26(38)20(32(58)42-4-14(52)8-48)24(36)22(28(30)40)34(60)46(2)6-16(54)10-50/h13-16,47-54H,3-12H2,1-2H3,(H,41,57)(H,42,58)(H,43,55)(H,44,56). The van der Waals surface area contributed by atoms with E-state index in [1.54, 1.807) is 0 Å². The highest BCUT2D eigenvalue weighted by atomic mass is 79.9. The number of hydrogen-bond donors (Lipinski definition) is 12. The quantitative estimate of drug-likeness (QED) is 0.0731. The lowest BCUT2D eigenvalue weighted by Gasteiger charge is -2.24. The monoisotopic (exact) mass is 1250 g/mol. The number of anilines is 2. The fraction of sp³-hybridized carbons (Fsp3) is 0.471. The number of halogens is 6. The van der Waals surface area contributed by atoms with Crippen molar-refractivity contribution in [2.45, 2.75) is 24.4 Å². The van der Waals surface area contributed by atoms with Crippen molar-refractivity contribution >= 4 is 142 Å². The Kier molecular flexibility index (Phi) is 23.3. The molecule has 0 saturated carbocycles. The lowest BCUT2D eigenvalue weighted by atomic mass is 10.1. The minimum Gasteiger partial charge on any atom is -0.394 e. The minimum absolute atomic E-state index is 0.0582. The van der Waals surface area contributed by atoms with Crippen LogP contribution in [0.4, 0.5) is 11.4 Å². The lowest BCUT2D eigenvalue weighted by Crippen LogP contribution is -2.37. The van der Waals surface area contributed by atoms with Crippen LogP contribution >= 0.6 is 95.6 Å². The van der Waals surface area contributed by atoms with Crippen LogP contribution in [0.1, 0.15) is 41.4 Å². The van der Waals surface area contributed by atoms with Gasteiger partial charge in [-0.15, -0.1) is 0 Å². The molecule has 2 aromatic rings. The van der Waals surface area contributed by atoms with Crippen molar-refractivity contribution in [3.63, 3.8) is 0 Å². The molecule has 4 unspecified atom stereocenters. The first-order chi connectivity index (χ1) is 28.6. The number of hydrogen-bond acceptors (Lipinski definition) is 15. The molecule has 0 heterocycles. The van der Waals surface area contributed by atoms with Gasteiger partial charge in [-0.1, -0.05) is 0 Å². The predicted molar refractivity (Wildman–Crippen MR) is 238 cm³/mol. The normalized spacial score (nSPS) is 13.1. The third-order valence-electron chi connectivity index (χ3n) is 8.01. The van der Waals surface area contributed by atoms with Crippen molar-refractivity contribution < 1.29 is 74.4 Å². The summed E-state index contributed by atoms with van der Waals surface area (Å²) in [4.78, 5) is 82.4. The second-order valence-electron chi connectivity index (χ2n) is 12.9. The smallest absolute Gasteiger partial charge is 0.256 e. The van der Waals surface area contributed by atoms with E-state index in [4.69, 9.17) is 4.74 Å². The van der Waals surface area contributed by atoms with Crippen LogP contribution in [0.3, 0.4) is 0 Å². The van der Waals surface area contributed by atoms with Gasteiger partial charge in [0.1, 0.15) is 13.2 Å². The number of likely N-dealkylation sites (N-methyl/N-ethyl adjacent to an activating group) is 2. The van der Waals surface area contributed by atoms with Gasteiger partial charge in [-0.05, 0) is 95.6 Å². The van der Waals surface area contributed by atoms with E-state index in [1.165, 1.54) is 14.1 Å². The van der Waals surface area contributed by atoms with Gasteiger partial charge < -0.3 is 76.7 Å². The highest BCUT2D eigenvalue weighted by Gasteiger charge is 2.33. The summed E-state index contributed by atoms with van der Waals surface area (Å²) >= 11 is 19.6. The van der Waals surface area contributed by atoms with Gasteiger partial charge in [-0.2, -0.15) is 0 Å². The maximum atomic E-state index is 13.6. The molecule has 2 rings (SSSR count). The van der Waals surface area contributed by atoms with E-state index in [2.05, 4.69) is 117 Å². The molecule has 0 saturated heterocycles. The molecule has 0 aliphatic rings. The van der Waals surface area contributed by atoms with Gasteiger partial charge in [0.2, 0.25) is 11.8 Å². The molecule has 0 radical (unpaired) electrons. The zero-order chi connectivity index (χ0) is 46.5. The fourth-order valence-corrected chi connectivity index (χ4v) is 10.7. The van der Waals surface area contributed by atoms with Crippen LogP contribution in [0, 0.1) is 0 Å². The molecule has 0 spiro atoms. The minimum atomic E-state index is -1.33. The Balaban J connectivity index is 2.46. The van der Waals surface area contributed by atoms with E-state index < -0.39 is 113 Å². The lowest BCUT2D eigenvalue weighted by molar-refractivity contribution is -0.125. The molecule has 340 valence electrons. The van der Waals surface area contributed by atoms with Crippen LogP contribution in [0.25, 0.3) is 0 Å². The predicted octanol–water partition coefficient (Wildman–Crippen LogP) is -0.128. The zero-order valence-corrected chi connectivity index (χ0v) is 41.5. The first-order valence-electron chi connectivity index (χ1n) is 17.4. The van der Waals surface area contributed by atoms with Gasteiger partial charge in [0.25, 0.3) is 23.6 Å². The topological polar surface area (TPSA) is 328 Å². The van der Waals surface area contributed by atoms with Crippen LogP contribution < -0.4 is 21.3 Å². The molecule has 0 aliphatic heterocycles. The second kappa shape index (κ2) is 25.9. The Labute approximate surface area is 398 Å².